The van der Waals surface area contributed by atoms with Crippen LogP contribution in [0.15, 0.2) is 18.2 Å². The average Bonchev–Trinajstić information content (AvgIpc) is 3.07. The molecule has 0 aliphatic heterocycles. The number of halogens is 3. The summed E-state index contributed by atoms with van der Waals surface area (Å²) in [7, 11) is 0. The molecule has 1 fully saturated rings. The van der Waals surface area contributed by atoms with E-state index in [4.69, 9.17) is 5.73 Å². The number of benzene rings is 1. The van der Waals surface area contributed by atoms with E-state index < -0.39 is 33.8 Å². The lowest BCUT2D eigenvalue weighted by Crippen LogP contribution is -2.38. The Hall–Kier alpha value is -2.16. The highest BCUT2D eigenvalue weighted by atomic mass is 19.4. The van der Waals surface area contributed by atoms with Gasteiger partial charge in [-0.2, -0.15) is 13.2 Å². The van der Waals surface area contributed by atoms with Crippen molar-refractivity contribution in [2.45, 2.75) is 24.6 Å². The molecule has 1 aliphatic rings. The van der Waals surface area contributed by atoms with Gasteiger partial charge in [-0.1, -0.05) is 0 Å². The van der Waals surface area contributed by atoms with Crippen LogP contribution >= 0.6 is 0 Å². The molecule has 1 aliphatic carbocycles. The Balaban J connectivity index is 2.33. The van der Waals surface area contributed by atoms with E-state index in [1.54, 1.807) is 0 Å². The molecule has 6 nitrogen and oxygen atoms in total. The summed E-state index contributed by atoms with van der Waals surface area (Å²) in [6.07, 6.45) is -3.82. The zero-order chi connectivity index (χ0) is 15.1. The summed E-state index contributed by atoms with van der Waals surface area (Å²) in [4.78, 5) is 21.5. The summed E-state index contributed by atoms with van der Waals surface area (Å²) >= 11 is 0. The molecule has 0 unspecified atom stereocenters. The van der Waals surface area contributed by atoms with Gasteiger partial charge in [0.2, 0.25) is 5.91 Å². The molecule has 0 heterocycles. The molecule has 108 valence electrons. The fourth-order valence-electron chi connectivity index (χ4n) is 1.57. The van der Waals surface area contributed by atoms with Gasteiger partial charge in [0.15, 0.2) is 0 Å². The first-order valence-electron chi connectivity index (χ1n) is 5.59. The average molecular weight is 289 g/mol. The van der Waals surface area contributed by atoms with Gasteiger partial charge >= 0.3 is 6.18 Å². The maximum atomic E-state index is 12.5. The minimum atomic E-state index is -4.70. The van der Waals surface area contributed by atoms with Crippen LogP contribution in [-0.4, -0.2) is 16.4 Å². The van der Waals surface area contributed by atoms with E-state index in [0.717, 1.165) is 6.07 Å². The molecule has 0 aromatic heterocycles. The smallest absolute Gasteiger partial charge is 0.319 e. The molecule has 0 spiro atoms. The molecule has 1 amide bonds. The van der Waals surface area contributed by atoms with Crippen LogP contribution in [0, 0.1) is 10.1 Å². The molecule has 2 rings (SSSR count). The first-order valence-corrected chi connectivity index (χ1v) is 5.59. The van der Waals surface area contributed by atoms with E-state index in [9.17, 15) is 28.1 Å². The van der Waals surface area contributed by atoms with Crippen LogP contribution in [0.1, 0.15) is 18.4 Å². The molecular weight excluding hydrogens is 279 g/mol. The van der Waals surface area contributed by atoms with Crippen LogP contribution in [0.5, 0.6) is 0 Å². The second-order valence-corrected chi connectivity index (χ2v) is 4.60. The van der Waals surface area contributed by atoms with Gasteiger partial charge < -0.3 is 11.1 Å². The quantitative estimate of drug-likeness (QED) is 0.657. The van der Waals surface area contributed by atoms with Crippen molar-refractivity contribution >= 4 is 17.3 Å². The molecule has 9 heteroatoms. The van der Waals surface area contributed by atoms with Crippen molar-refractivity contribution in [1.82, 2.24) is 0 Å². The van der Waals surface area contributed by atoms with Crippen LogP contribution in [0.4, 0.5) is 24.5 Å². The summed E-state index contributed by atoms with van der Waals surface area (Å²) in [5.74, 6) is -0.639. The number of carbonyl (C=O) groups is 1. The van der Waals surface area contributed by atoms with Crippen molar-refractivity contribution < 1.29 is 22.9 Å². The molecule has 3 N–H and O–H groups in total. The predicted octanol–water partition coefficient (Wildman–Crippen LogP) is 2.04. The highest BCUT2D eigenvalue weighted by molar-refractivity contribution is 6.01. The number of nitrogens with two attached hydrogens (primary N) is 1. The van der Waals surface area contributed by atoms with E-state index in [2.05, 4.69) is 5.32 Å². The van der Waals surface area contributed by atoms with Gasteiger partial charge in [-0.3, -0.25) is 14.9 Å². The van der Waals surface area contributed by atoms with E-state index in [0.29, 0.717) is 25.0 Å². The number of nitro groups is 1. The molecule has 0 saturated heterocycles. The van der Waals surface area contributed by atoms with Crippen molar-refractivity contribution in [2.75, 3.05) is 5.32 Å². The molecule has 1 aromatic carbocycles. The van der Waals surface area contributed by atoms with Crippen molar-refractivity contribution in [2.24, 2.45) is 5.73 Å². The second-order valence-electron chi connectivity index (χ2n) is 4.60. The monoisotopic (exact) mass is 289 g/mol. The SMILES string of the molecule is NC1(C(=O)Nc2ccc(C(F)(F)F)cc2[N+](=O)[O-])CC1. The largest absolute Gasteiger partial charge is 0.416 e. The zero-order valence-electron chi connectivity index (χ0n) is 10.0. The van der Waals surface area contributed by atoms with Crippen molar-refractivity contribution in [3.63, 3.8) is 0 Å². The molecule has 1 saturated carbocycles. The number of carbonyl (C=O) groups excluding carboxylic acids is 1. The summed E-state index contributed by atoms with van der Waals surface area (Å²) in [6, 6.07) is 1.90. The molecule has 0 bridgehead atoms. The van der Waals surface area contributed by atoms with Gasteiger partial charge in [-0.05, 0) is 25.0 Å². The molecule has 0 radical (unpaired) electrons. The lowest BCUT2D eigenvalue weighted by atomic mass is 10.1. The van der Waals surface area contributed by atoms with Crippen LogP contribution in [0.3, 0.4) is 0 Å². The first-order chi connectivity index (χ1) is 9.13. The van der Waals surface area contributed by atoms with Crippen LogP contribution in [0.25, 0.3) is 0 Å². The lowest BCUT2D eigenvalue weighted by Gasteiger charge is -2.12. The minimum absolute atomic E-state index is 0.301. The standard InChI is InChI=1S/C11H10F3N3O3/c12-11(13,14)6-1-2-7(8(5-6)17(19)20)16-9(18)10(15)3-4-10/h1-2,5H,3-4,15H2,(H,16,18). The predicted molar refractivity (Wildman–Crippen MR) is 62.9 cm³/mol. The van der Waals surface area contributed by atoms with Crippen LogP contribution < -0.4 is 11.1 Å². The van der Waals surface area contributed by atoms with E-state index in [1.807, 2.05) is 0 Å². The Morgan fingerprint density at radius 3 is 2.45 bits per heavy atom. The summed E-state index contributed by atoms with van der Waals surface area (Å²) in [5, 5.41) is 13.0. The van der Waals surface area contributed by atoms with Gasteiger partial charge in [0.05, 0.1) is 16.0 Å². The third kappa shape index (κ3) is 2.72. The van der Waals surface area contributed by atoms with Gasteiger partial charge in [0.25, 0.3) is 5.69 Å². The van der Waals surface area contributed by atoms with Gasteiger partial charge in [-0.15, -0.1) is 0 Å². The number of nitrogens with one attached hydrogen (secondary N) is 1. The van der Waals surface area contributed by atoms with Crippen molar-refractivity contribution in [3.05, 3.63) is 33.9 Å². The first kappa shape index (κ1) is 14.3. The number of anilines is 1. The molecular formula is C11H10F3N3O3. The number of rotatable bonds is 3. The van der Waals surface area contributed by atoms with E-state index >= 15 is 0 Å². The van der Waals surface area contributed by atoms with Crippen molar-refractivity contribution in [1.29, 1.82) is 0 Å². The number of alkyl halides is 3. The molecule has 1 aromatic rings. The number of nitrogens with zero attached hydrogens (tertiary/aromatic N) is 1. The zero-order valence-corrected chi connectivity index (χ0v) is 10.0. The van der Waals surface area contributed by atoms with Gasteiger partial charge in [0, 0.05) is 6.07 Å². The topological polar surface area (TPSA) is 98.3 Å². The summed E-state index contributed by atoms with van der Waals surface area (Å²) < 4.78 is 37.5. The Kier molecular flexibility index (Phi) is 3.17. The minimum Gasteiger partial charge on any atom is -0.319 e. The Morgan fingerprint density at radius 1 is 1.40 bits per heavy atom. The van der Waals surface area contributed by atoms with Crippen molar-refractivity contribution in [3.8, 4) is 0 Å². The summed E-state index contributed by atoms with van der Waals surface area (Å²) in [6.45, 7) is 0. The molecule has 0 atom stereocenters. The van der Waals surface area contributed by atoms with Crippen LogP contribution in [0.2, 0.25) is 0 Å². The van der Waals surface area contributed by atoms with Gasteiger partial charge in [0.1, 0.15) is 5.69 Å². The maximum absolute atomic E-state index is 12.5. The number of nitro benzene ring substituents is 1. The Morgan fingerprint density at radius 2 is 2.00 bits per heavy atom. The highest BCUT2D eigenvalue weighted by Crippen LogP contribution is 2.37. The van der Waals surface area contributed by atoms with Crippen LogP contribution in [-0.2, 0) is 11.0 Å². The summed E-state index contributed by atoms with van der Waals surface area (Å²) in [5.41, 5.74) is 2.25. The third-order valence-electron chi connectivity index (χ3n) is 3.01. The highest BCUT2D eigenvalue weighted by Gasteiger charge is 2.46. The number of hydrogen-bond donors (Lipinski definition) is 2. The molecule has 20 heavy (non-hydrogen) atoms. The third-order valence-corrected chi connectivity index (χ3v) is 3.01. The van der Waals surface area contributed by atoms with Gasteiger partial charge in [-0.25, -0.2) is 0 Å². The number of amides is 1. The lowest BCUT2D eigenvalue weighted by molar-refractivity contribution is -0.384. The fraction of sp³-hybridized carbons (Fsp3) is 0.364. The van der Waals surface area contributed by atoms with E-state index in [-0.39, 0.29) is 5.69 Å². The number of hydrogen-bond acceptors (Lipinski definition) is 4. The maximum Gasteiger partial charge on any atom is 0.416 e. The fourth-order valence-corrected chi connectivity index (χ4v) is 1.57. The Labute approximate surface area is 110 Å². The Bertz CT molecular complexity index is 582. The normalized spacial score (nSPS) is 16.6. The van der Waals surface area contributed by atoms with E-state index in [1.165, 1.54) is 0 Å². The second kappa shape index (κ2) is 4.44.